The third-order valence-electron chi connectivity index (χ3n) is 12.8. The van der Waals surface area contributed by atoms with E-state index >= 15 is 0 Å². The zero-order chi connectivity index (χ0) is 46.8. The number of aliphatic hydroxyl groups excluding tert-OH is 16. The van der Waals surface area contributed by atoms with Crippen LogP contribution >= 0.6 is 0 Å². The predicted molar refractivity (Wildman–Crippen MR) is 192 cm³/mol. The van der Waals surface area contributed by atoms with Gasteiger partial charge in [-0.25, -0.2) is 0 Å². The van der Waals surface area contributed by atoms with Crippen molar-refractivity contribution in [1.29, 1.82) is 0 Å². The summed E-state index contributed by atoms with van der Waals surface area (Å²) in [5.41, 5.74) is 0. The lowest BCUT2D eigenvalue weighted by Gasteiger charge is -2.47. The average Bonchev–Trinajstić information content (AvgIpc) is 4.25. The molecule has 8 saturated heterocycles. The van der Waals surface area contributed by atoms with Crippen molar-refractivity contribution in [2.75, 3.05) is 39.6 Å². The molecule has 0 spiro atoms. The van der Waals surface area contributed by atoms with E-state index in [1.165, 1.54) is 0 Å². The third-order valence-corrected chi connectivity index (χ3v) is 12.8. The Balaban J connectivity index is 0.856. The predicted octanol–water partition coefficient (Wildman–Crippen LogP) is -12.0. The van der Waals surface area contributed by atoms with Gasteiger partial charge >= 0.3 is 0 Å². The molecule has 0 bridgehead atoms. The van der Waals surface area contributed by atoms with Crippen LogP contribution < -0.4 is 0 Å². The van der Waals surface area contributed by atoms with Gasteiger partial charge in [-0.1, -0.05) is 0 Å². The first-order chi connectivity index (χ1) is 31.1. The number of hydrogen-bond donors (Lipinski definition) is 16. The summed E-state index contributed by atoms with van der Waals surface area (Å²) in [7, 11) is 0. The van der Waals surface area contributed by atoms with Crippen LogP contribution in [0.5, 0.6) is 0 Å². The average molecular weight is 955 g/mol. The van der Waals surface area contributed by atoms with Crippen molar-refractivity contribution in [3.05, 3.63) is 0 Å². The third kappa shape index (κ3) is 9.70. The zero-order valence-electron chi connectivity index (χ0n) is 34.0. The van der Waals surface area contributed by atoms with Crippen molar-refractivity contribution in [1.82, 2.24) is 0 Å². The van der Waals surface area contributed by atoms with Crippen molar-refractivity contribution in [2.24, 2.45) is 0 Å². The van der Waals surface area contributed by atoms with Crippen LogP contribution in [0.15, 0.2) is 0 Å². The molecule has 376 valence electrons. The summed E-state index contributed by atoms with van der Waals surface area (Å²) in [6.45, 7) is -4.60. The molecular weight excluding hydrogens is 896 g/mol. The minimum atomic E-state index is -1.94. The Bertz CT molecular complexity index is 1530. The second-order valence-electron chi connectivity index (χ2n) is 16.9. The summed E-state index contributed by atoms with van der Waals surface area (Å²) in [4.78, 5) is 0. The molecular formula is C36H58O29. The second-order valence-corrected chi connectivity index (χ2v) is 16.9. The summed E-state index contributed by atoms with van der Waals surface area (Å²) < 4.78 is 74.2. The first-order valence-electron chi connectivity index (χ1n) is 21.1. The van der Waals surface area contributed by atoms with Gasteiger partial charge in [0.1, 0.15) is 146 Å². The highest BCUT2D eigenvalue weighted by Crippen LogP contribution is 2.45. The van der Waals surface area contributed by atoms with Gasteiger partial charge in [0.2, 0.25) is 0 Å². The van der Waals surface area contributed by atoms with Gasteiger partial charge in [0.05, 0.1) is 39.6 Å². The fourth-order valence-corrected chi connectivity index (χ4v) is 9.01. The fourth-order valence-electron chi connectivity index (χ4n) is 9.01. The number of epoxide rings is 2. The van der Waals surface area contributed by atoms with E-state index in [4.69, 9.17) is 61.6 Å². The normalized spacial score (nSPS) is 55.6. The van der Waals surface area contributed by atoms with Gasteiger partial charge in [0.15, 0.2) is 37.7 Å². The molecule has 0 aliphatic carbocycles. The van der Waals surface area contributed by atoms with Crippen LogP contribution in [0.1, 0.15) is 0 Å². The maximum atomic E-state index is 11.3. The molecule has 0 aromatic heterocycles. The number of aliphatic hydroxyl groups is 16. The molecule has 8 fully saturated rings. The van der Waals surface area contributed by atoms with E-state index in [0.717, 1.165) is 0 Å². The largest absolute Gasteiger partial charge is 0.394 e. The molecule has 8 aliphatic heterocycles. The lowest BCUT2D eigenvalue weighted by molar-refractivity contribution is -0.371. The van der Waals surface area contributed by atoms with Crippen LogP contribution in [0.3, 0.4) is 0 Å². The Morgan fingerprint density at radius 3 is 0.938 bits per heavy atom. The molecule has 29 heteroatoms. The van der Waals surface area contributed by atoms with Gasteiger partial charge in [-0.2, -0.15) is 0 Å². The zero-order valence-corrected chi connectivity index (χ0v) is 34.0. The standard InChI is InChI=1S/C36H58O29/c37-1-7-13(43)14(44)19(49)32(54-7)64-25-11(5-41)57-35(29-27(25)59-29)63-24-10(4-40)56-34(21(51)17(24)47)65-26-12(6-42)58-36(30-28(26)60-30)62-23-9(3-39)55-33(20(50)16(23)46)61-22-8(2-38)53-31(52)18(48)15(22)45/h7-52H,1-6H2/t7-,8-,9-,10-,11-,12-,13-,14+,15-,16-,17-,18-,19-,20-,21-,22-,23-,24-,25-,26-,27+,28+,29+,30+,31?,32-,33-,34-,35-,36-/m1/s1. The highest BCUT2D eigenvalue weighted by Gasteiger charge is 2.64. The number of hydrogen-bond acceptors (Lipinski definition) is 29. The van der Waals surface area contributed by atoms with Crippen molar-refractivity contribution < 1.29 is 143 Å². The van der Waals surface area contributed by atoms with Crippen LogP contribution in [0.25, 0.3) is 0 Å². The molecule has 8 heterocycles. The van der Waals surface area contributed by atoms with Crippen LogP contribution in [0, 0.1) is 0 Å². The Morgan fingerprint density at radius 1 is 0.246 bits per heavy atom. The minimum absolute atomic E-state index is 0.700. The fraction of sp³-hybridized carbons (Fsp3) is 1.00. The van der Waals surface area contributed by atoms with Gasteiger partial charge in [-0.05, 0) is 0 Å². The van der Waals surface area contributed by atoms with E-state index in [1.807, 2.05) is 0 Å². The van der Waals surface area contributed by atoms with Gasteiger partial charge in [-0.15, -0.1) is 0 Å². The maximum absolute atomic E-state index is 11.3. The first-order valence-corrected chi connectivity index (χ1v) is 21.1. The van der Waals surface area contributed by atoms with Crippen molar-refractivity contribution in [3.63, 3.8) is 0 Å². The Hall–Kier alpha value is -1.16. The highest BCUT2D eigenvalue weighted by molar-refractivity contribution is 5.06. The van der Waals surface area contributed by atoms with E-state index in [1.54, 1.807) is 0 Å². The van der Waals surface area contributed by atoms with Gasteiger partial charge in [-0.3, -0.25) is 0 Å². The number of ether oxygens (including phenoxy) is 13. The lowest BCUT2D eigenvalue weighted by atomic mass is 9.96. The van der Waals surface area contributed by atoms with Crippen molar-refractivity contribution >= 4 is 0 Å². The van der Waals surface area contributed by atoms with Crippen molar-refractivity contribution in [2.45, 2.75) is 184 Å². The quantitative estimate of drug-likeness (QED) is 0.0639. The smallest absolute Gasteiger partial charge is 0.187 e. The molecule has 8 aliphatic rings. The van der Waals surface area contributed by atoms with Gasteiger partial charge in [0, 0.05) is 0 Å². The van der Waals surface area contributed by atoms with Gasteiger partial charge in [0.25, 0.3) is 0 Å². The van der Waals surface area contributed by atoms with Crippen LogP contribution in [0.4, 0.5) is 0 Å². The molecule has 1 unspecified atom stereocenters. The summed E-state index contributed by atoms with van der Waals surface area (Å²) >= 11 is 0. The number of rotatable bonds is 16. The van der Waals surface area contributed by atoms with E-state index in [9.17, 15) is 81.7 Å². The Kier molecular flexibility index (Phi) is 16.0. The summed E-state index contributed by atoms with van der Waals surface area (Å²) in [5, 5.41) is 166. The SMILES string of the molecule is OC[C@H]1O[C@H](O[C@H]2[C@@H]3O[C@@H]3[C@@H](O[C@H]3[C@H](O)[C@@H](O)[C@@H](O[C@H]4[C@@H]5O[C@@H]5[C@@H](O[C@H]5[C@H](O)[C@@H](O)[C@@H](O[C@H]6[C@H](O)[C@@H](O)C(O)O[C@@H]6CO)O[C@@H]5CO)O[C@@H]4CO)O[C@@H]3CO)O[C@@H]2CO)[C@H](O)[C@@H](O)[C@@H]1O. The summed E-state index contributed by atoms with van der Waals surface area (Å²) in [6.07, 6.45) is -44.8. The van der Waals surface area contributed by atoms with Gasteiger partial charge < -0.3 is 143 Å². The van der Waals surface area contributed by atoms with E-state index in [-0.39, 0.29) is 0 Å². The van der Waals surface area contributed by atoms with E-state index in [2.05, 4.69) is 0 Å². The van der Waals surface area contributed by atoms with Crippen LogP contribution in [-0.2, 0) is 61.6 Å². The Labute approximate surface area is 367 Å². The van der Waals surface area contributed by atoms with Crippen LogP contribution in [-0.4, -0.2) is 306 Å². The maximum Gasteiger partial charge on any atom is 0.187 e. The first kappa shape index (κ1) is 50.2. The molecule has 8 rings (SSSR count). The molecule has 0 radical (unpaired) electrons. The molecule has 29 nitrogen and oxygen atoms in total. The molecule has 0 aromatic rings. The monoisotopic (exact) mass is 954 g/mol. The van der Waals surface area contributed by atoms with E-state index in [0.29, 0.717) is 0 Å². The second kappa shape index (κ2) is 20.7. The molecule has 65 heavy (non-hydrogen) atoms. The molecule has 16 N–H and O–H groups in total. The molecule has 0 saturated carbocycles. The summed E-state index contributed by atoms with van der Waals surface area (Å²) in [5.74, 6) is 0. The van der Waals surface area contributed by atoms with Crippen LogP contribution in [0.2, 0.25) is 0 Å². The minimum Gasteiger partial charge on any atom is -0.394 e. The van der Waals surface area contributed by atoms with Crippen molar-refractivity contribution in [3.8, 4) is 0 Å². The highest BCUT2D eigenvalue weighted by atomic mass is 16.8. The number of fused-ring (bicyclic) bond motifs is 2. The Morgan fingerprint density at radius 2 is 0.538 bits per heavy atom. The molecule has 0 aromatic carbocycles. The topological polar surface area (TPSA) is 450 Å². The molecule has 30 atom stereocenters. The lowest BCUT2D eigenvalue weighted by Crippen LogP contribution is -2.65. The van der Waals surface area contributed by atoms with E-state index < -0.39 is 224 Å². The summed E-state index contributed by atoms with van der Waals surface area (Å²) in [6, 6.07) is 0. The molecule has 0 amide bonds.